The first kappa shape index (κ1) is 12.8. The molecule has 0 spiro atoms. The SMILES string of the molecule is CN(Cc1ccccc1Cl)C1CNC1.Cl. The molecule has 1 aliphatic rings. The van der Waals surface area contributed by atoms with Crippen LogP contribution in [0.3, 0.4) is 0 Å². The third-order valence-electron chi connectivity index (χ3n) is 2.76. The molecule has 1 aromatic carbocycles. The molecule has 1 fully saturated rings. The van der Waals surface area contributed by atoms with Gasteiger partial charge in [0.2, 0.25) is 0 Å². The van der Waals surface area contributed by atoms with E-state index in [0.29, 0.717) is 6.04 Å². The number of nitrogens with one attached hydrogen (secondary N) is 1. The second-order valence-electron chi connectivity index (χ2n) is 3.82. The number of hydrogen-bond donors (Lipinski definition) is 1. The summed E-state index contributed by atoms with van der Waals surface area (Å²) < 4.78 is 0. The van der Waals surface area contributed by atoms with Crippen LogP contribution < -0.4 is 5.32 Å². The van der Waals surface area contributed by atoms with E-state index in [2.05, 4.69) is 23.3 Å². The van der Waals surface area contributed by atoms with E-state index in [1.807, 2.05) is 18.2 Å². The summed E-state index contributed by atoms with van der Waals surface area (Å²) in [5.41, 5.74) is 1.21. The Morgan fingerprint density at radius 1 is 1.40 bits per heavy atom. The van der Waals surface area contributed by atoms with Crippen LogP contribution in [0.5, 0.6) is 0 Å². The van der Waals surface area contributed by atoms with Crippen LogP contribution in [0, 0.1) is 0 Å². The molecular formula is C11H16Cl2N2. The molecule has 1 aromatic rings. The average molecular weight is 247 g/mol. The molecule has 1 saturated heterocycles. The van der Waals surface area contributed by atoms with E-state index in [0.717, 1.165) is 24.7 Å². The summed E-state index contributed by atoms with van der Waals surface area (Å²) in [5, 5.41) is 4.14. The number of likely N-dealkylation sites (N-methyl/N-ethyl adjacent to an activating group) is 1. The Morgan fingerprint density at radius 3 is 2.60 bits per heavy atom. The Kier molecular flexibility index (Phi) is 4.87. The van der Waals surface area contributed by atoms with Crippen LogP contribution in [0.4, 0.5) is 0 Å². The molecule has 2 rings (SSSR count). The number of nitrogens with zero attached hydrogens (tertiary/aromatic N) is 1. The lowest BCUT2D eigenvalue weighted by Gasteiger charge is -2.35. The smallest absolute Gasteiger partial charge is 0.0451 e. The quantitative estimate of drug-likeness (QED) is 0.880. The first-order valence-electron chi connectivity index (χ1n) is 4.92. The van der Waals surface area contributed by atoms with Crippen molar-refractivity contribution in [3.8, 4) is 0 Å². The Labute approximate surface area is 102 Å². The minimum Gasteiger partial charge on any atom is -0.314 e. The summed E-state index contributed by atoms with van der Waals surface area (Å²) in [4.78, 5) is 2.34. The standard InChI is InChI=1S/C11H15ClN2.ClH/c1-14(10-6-13-7-10)8-9-4-2-3-5-11(9)12;/h2-5,10,13H,6-8H2,1H3;1H. The largest absolute Gasteiger partial charge is 0.314 e. The topological polar surface area (TPSA) is 15.3 Å². The van der Waals surface area contributed by atoms with Gasteiger partial charge in [0.05, 0.1) is 0 Å². The van der Waals surface area contributed by atoms with Gasteiger partial charge in [0.15, 0.2) is 0 Å². The van der Waals surface area contributed by atoms with Crippen molar-refractivity contribution in [2.24, 2.45) is 0 Å². The molecule has 1 aliphatic heterocycles. The Balaban J connectivity index is 0.00000112. The third kappa shape index (κ3) is 3.08. The van der Waals surface area contributed by atoms with E-state index in [-0.39, 0.29) is 12.4 Å². The number of rotatable bonds is 3. The van der Waals surface area contributed by atoms with Gasteiger partial charge in [-0.3, -0.25) is 4.90 Å². The zero-order valence-electron chi connectivity index (χ0n) is 8.74. The van der Waals surface area contributed by atoms with Crippen molar-refractivity contribution in [3.05, 3.63) is 34.9 Å². The molecule has 0 aromatic heterocycles. The van der Waals surface area contributed by atoms with Crippen LogP contribution in [0.1, 0.15) is 5.56 Å². The summed E-state index contributed by atoms with van der Waals surface area (Å²) in [6.07, 6.45) is 0. The minimum absolute atomic E-state index is 0. The molecule has 84 valence electrons. The van der Waals surface area contributed by atoms with Crippen LogP contribution in [0.2, 0.25) is 5.02 Å². The van der Waals surface area contributed by atoms with Gasteiger partial charge in [-0.1, -0.05) is 29.8 Å². The minimum atomic E-state index is 0. The number of benzene rings is 1. The van der Waals surface area contributed by atoms with E-state index >= 15 is 0 Å². The summed E-state index contributed by atoms with van der Waals surface area (Å²) in [5.74, 6) is 0. The molecule has 2 nitrogen and oxygen atoms in total. The highest BCUT2D eigenvalue weighted by Crippen LogP contribution is 2.17. The molecule has 0 bridgehead atoms. The zero-order valence-corrected chi connectivity index (χ0v) is 10.3. The third-order valence-corrected chi connectivity index (χ3v) is 3.13. The predicted octanol–water partition coefficient (Wildman–Crippen LogP) is 2.17. The van der Waals surface area contributed by atoms with Crippen LogP contribution in [0.25, 0.3) is 0 Å². The Hall–Kier alpha value is -0.280. The van der Waals surface area contributed by atoms with Crippen molar-refractivity contribution < 1.29 is 0 Å². The molecule has 15 heavy (non-hydrogen) atoms. The molecular weight excluding hydrogens is 231 g/mol. The molecule has 0 radical (unpaired) electrons. The molecule has 1 N–H and O–H groups in total. The second-order valence-corrected chi connectivity index (χ2v) is 4.23. The van der Waals surface area contributed by atoms with Crippen LogP contribution in [0.15, 0.2) is 24.3 Å². The lowest BCUT2D eigenvalue weighted by molar-refractivity contribution is 0.173. The van der Waals surface area contributed by atoms with Gasteiger partial charge in [0, 0.05) is 30.7 Å². The van der Waals surface area contributed by atoms with E-state index in [4.69, 9.17) is 11.6 Å². The maximum absolute atomic E-state index is 6.09. The number of hydrogen-bond acceptors (Lipinski definition) is 2. The molecule has 0 atom stereocenters. The Morgan fingerprint density at radius 2 is 2.07 bits per heavy atom. The summed E-state index contributed by atoms with van der Waals surface area (Å²) in [6.45, 7) is 3.13. The molecule has 0 saturated carbocycles. The fraction of sp³-hybridized carbons (Fsp3) is 0.455. The average Bonchev–Trinajstić information content (AvgIpc) is 2.05. The van der Waals surface area contributed by atoms with Crippen LogP contribution in [-0.4, -0.2) is 31.1 Å². The zero-order chi connectivity index (χ0) is 9.97. The summed E-state index contributed by atoms with van der Waals surface area (Å²) in [7, 11) is 2.15. The highest BCUT2D eigenvalue weighted by atomic mass is 35.5. The highest BCUT2D eigenvalue weighted by molar-refractivity contribution is 6.31. The van der Waals surface area contributed by atoms with Gasteiger partial charge in [-0.2, -0.15) is 0 Å². The van der Waals surface area contributed by atoms with Crippen LogP contribution in [-0.2, 0) is 6.54 Å². The van der Waals surface area contributed by atoms with Crippen molar-refractivity contribution in [2.45, 2.75) is 12.6 Å². The fourth-order valence-corrected chi connectivity index (χ4v) is 1.81. The van der Waals surface area contributed by atoms with Gasteiger partial charge >= 0.3 is 0 Å². The molecule has 0 unspecified atom stereocenters. The first-order valence-corrected chi connectivity index (χ1v) is 5.29. The lowest BCUT2D eigenvalue weighted by Crippen LogP contribution is -2.55. The van der Waals surface area contributed by atoms with Gasteiger partial charge < -0.3 is 5.32 Å². The first-order chi connectivity index (χ1) is 6.77. The second kappa shape index (κ2) is 5.71. The fourth-order valence-electron chi connectivity index (χ4n) is 1.61. The molecule has 0 aliphatic carbocycles. The maximum atomic E-state index is 6.09. The van der Waals surface area contributed by atoms with Crippen molar-refractivity contribution in [1.29, 1.82) is 0 Å². The van der Waals surface area contributed by atoms with Gasteiger partial charge in [0.25, 0.3) is 0 Å². The van der Waals surface area contributed by atoms with Gasteiger partial charge in [0.1, 0.15) is 0 Å². The number of halogens is 2. The van der Waals surface area contributed by atoms with Crippen molar-refractivity contribution in [2.75, 3.05) is 20.1 Å². The van der Waals surface area contributed by atoms with Gasteiger partial charge in [-0.05, 0) is 18.7 Å². The Bertz CT molecular complexity index is 313. The van der Waals surface area contributed by atoms with E-state index in [1.54, 1.807) is 0 Å². The monoisotopic (exact) mass is 246 g/mol. The van der Waals surface area contributed by atoms with Gasteiger partial charge in [-0.15, -0.1) is 12.4 Å². The van der Waals surface area contributed by atoms with E-state index in [9.17, 15) is 0 Å². The van der Waals surface area contributed by atoms with Crippen LogP contribution >= 0.6 is 24.0 Å². The summed E-state index contributed by atoms with van der Waals surface area (Å²) in [6, 6.07) is 8.71. The van der Waals surface area contributed by atoms with E-state index in [1.165, 1.54) is 5.56 Å². The molecule has 0 amide bonds. The van der Waals surface area contributed by atoms with Gasteiger partial charge in [-0.25, -0.2) is 0 Å². The highest BCUT2D eigenvalue weighted by Gasteiger charge is 2.21. The predicted molar refractivity (Wildman–Crippen MR) is 66.8 cm³/mol. The van der Waals surface area contributed by atoms with Crippen molar-refractivity contribution in [1.82, 2.24) is 10.2 Å². The van der Waals surface area contributed by atoms with E-state index < -0.39 is 0 Å². The van der Waals surface area contributed by atoms with Crippen molar-refractivity contribution in [3.63, 3.8) is 0 Å². The maximum Gasteiger partial charge on any atom is 0.0451 e. The normalized spacial score (nSPS) is 15.9. The molecule has 1 heterocycles. The van der Waals surface area contributed by atoms with Crippen molar-refractivity contribution >= 4 is 24.0 Å². The summed E-state index contributed by atoms with van der Waals surface area (Å²) >= 11 is 6.09. The lowest BCUT2D eigenvalue weighted by atomic mass is 10.1. The molecule has 4 heteroatoms.